The molecule has 1 fully saturated rings. The van der Waals surface area contributed by atoms with E-state index in [0.717, 1.165) is 12.3 Å². The predicted molar refractivity (Wildman–Crippen MR) is 65.4 cm³/mol. The summed E-state index contributed by atoms with van der Waals surface area (Å²) in [6.45, 7) is 2.09. The van der Waals surface area contributed by atoms with Crippen LogP contribution in [0.2, 0.25) is 0 Å². The number of rotatable bonds is 4. The molecule has 0 aromatic heterocycles. The van der Waals surface area contributed by atoms with E-state index in [9.17, 15) is 4.79 Å². The Balaban J connectivity index is 1.70. The number of hydrogen-bond acceptors (Lipinski definition) is 2. The van der Waals surface area contributed by atoms with Gasteiger partial charge in [0.15, 0.2) is 0 Å². The molecule has 16 heavy (non-hydrogen) atoms. The lowest BCUT2D eigenvalue weighted by Crippen LogP contribution is -2.39. The van der Waals surface area contributed by atoms with Gasteiger partial charge in [-0.25, -0.2) is 0 Å². The van der Waals surface area contributed by atoms with Crippen LogP contribution in [-0.4, -0.2) is 17.7 Å². The second-order valence-electron chi connectivity index (χ2n) is 4.94. The Bertz CT molecular complexity index is 314. The van der Waals surface area contributed by atoms with Crippen molar-refractivity contribution in [1.82, 2.24) is 5.32 Å². The van der Waals surface area contributed by atoms with Crippen LogP contribution in [0.1, 0.15) is 45.4 Å². The quantitative estimate of drug-likeness (QED) is 0.776. The van der Waals surface area contributed by atoms with Crippen molar-refractivity contribution < 1.29 is 4.79 Å². The van der Waals surface area contributed by atoms with Gasteiger partial charge >= 0.3 is 0 Å². The molecular weight excluding hydrogens is 200 g/mol. The van der Waals surface area contributed by atoms with Gasteiger partial charge in [-0.15, -0.1) is 0 Å². The van der Waals surface area contributed by atoms with Crippen LogP contribution in [0.4, 0.5) is 0 Å². The monoisotopic (exact) mass is 220 g/mol. The van der Waals surface area contributed by atoms with Crippen molar-refractivity contribution in [2.24, 2.45) is 10.9 Å². The number of aliphatic imine (C=N–C) groups is 1. The zero-order valence-electron chi connectivity index (χ0n) is 9.91. The summed E-state index contributed by atoms with van der Waals surface area (Å²) in [5, 5.41) is 3.01. The molecule has 88 valence electrons. The maximum atomic E-state index is 11.6. The number of amides is 1. The summed E-state index contributed by atoms with van der Waals surface area (Å²) in [7, 11) is 0. The molecule has 1 N–H and O–H groups in total. The molecule has 2 rings (SSSR count). The van der Waals surface area contributed by atoms with Crippen molar-refractivity contribution in [2.45, 2.75) is 51.5 Å². The lowest BCUT2D eigenvalue weighted by molar-refractivity contribution is -0.115. The standard InChI is InChI=1S/C13H20N2O/c1-10(9-11-5-3-2-4-6-11)15-13(16)12-7-8-14-12/h7-8,10-11H,2-6,9H2,1H3,(H,15,16). The van der Waals surface area contributed by atoms with Crippen LogP contribution >= 0.6 is 0 Å². The largest absolute Gasteiger partial charge is 0.348 e. The summed E-state index contributed by atoms with van der Waals surface area (Å²) < 4.78 is 0. The minimum Gasteiger partial charge on any atom is -0.348 e. The zero-order chi connectivity index (χ0) is 11.4. The summed E-state index contributed by atoms with van der Waals surface area (Å²) in [6.07, 6.45) is 11.3. The molecular formula is C13H20N2O. The van der Waals surface area contributed by atoms with E-state index in [4.69, 9.17) is 0 Å². The van der Waals surface area contributed by atoms with Crippen LogP contribution in [0.15, 0.2) is 17.3 Å². The van der Waals surface area contributed by atoms with Gasteiger partial charge in [-0.3, -0.25) is 9.79 Å². The van der Waals surface area contributed by atoms with Gasteiger partial charge in [-0.05, 0) is 25.3 Å². The summed E-state index contributed by atoms with van der Waals surface area (Å²) in [5.74, 6) is 0.786. The van der Waals surface area contributed by atoms with Crippen molar-refractivity contribution >= 4 is 11.6 Å². The fourth-order valence-corrected chi connectivity index (χ4v) is 2.56. The highest BCUT2D eigenvalue weighted by Crippen LogP contribution is 2.27. The maximum Gasteiger partial charge on any atom is 0.270 e. The fourth-order valence-electron chi connectivity index (χ4n) is 2.56. The van der Waals surface area contributed by atoms with Gasteiger partial charge in [0, 0.05) is 12.2 Å². The highest BCUT2D eigenvalue weighted by molar-refractivity contribution is 6.45. The summed E-state index contributed by atoms with van der Waals surface area (Å²) >= 11 is 0. The normalized spacial score (nSPS) is 22.2. The Kier molecular flexibility index (Phi) is 3.75. The Hall–Kier alpha value is -1.12. The van der Waals surface area contributed by atoms with Gasteiger partial charge in [0.05, 0.1) is 0 Å². The summed E-state index contributed by atoms with van der Waals surface area (Å²) in [5.41, 5.74) is 0.565. The summed E-state index contributed by atoms with van der Waals surface area (Å²) in [4.78, 5) is 15.5. The van der Waals surface area contributed by atoms with Crippen LogP contribution in [-0.2, 0) is 4.79 Å². The molecule has 0 aromatic rings. The number of carbonyl (C=O) groups excluding carboxylic acids is 1. The highest BCUT2D eigenvalue weighted by atomic mass is 16.1. The van der Waals surface area contributed by atoms with E-state index < -0.39 is 0 Å². The van der Waals surface area contributed by atoms with Gasteiger partial charge in [0.25, 0.3) is 5.91 Å². The van der Waals surface area contributed by atoms with E-state index in [-0.39, 0.29) is 11.9 Å². The topological polar surface area (TPSA) is 41.5 Å². The Morgan fingerprint density at radius 1 is 1.50 bits per heavy atom. The zero-order valence-corrected chi connectivity index (χ0v) is 9.91. The molecule has 1 atom stereocenters. The highest BCUT2D eigenvalue weighted by Gasteiger charge is 2.19. The lowest BCUT2D eigenvalue weighted by Gasteiger charge is -2.25. The van der Waals surface area contributed by atoms with Crippen molar-refractivity contribution in [3.63, 3.8) is 0 Å². The third-order valence-electron chi connectivity index (χ3n) is 3.47. The van der Waals surface area contributed by atoms with E-state index in [1.165, 1.54) is 32.1 Å². The van der Waals surface area contributed by atoms with Gasteiger partial charge in [-0.2, -0.15) is 0 Å². The van der Waals surface area contributed by atoms with E-state index in [2.05, 4.69) is 17.2 Å². The van der Waals surface area contributed by atoms with Crippen molar-refractivity contribution in [2.75, 3.05) is 0 Å². The van der Waals surface area contributed by atoms with E-state index in [0.29, 0.717) is 5.71 Å². The average Bonchev–Trinajstić information content (AvgIpc) is 2.15. The molecule has 1 aliphatic heterocycles. The second kappa shape index (κ2) is 5.28. The third-order valence-corrected chi connectivity index (χ3v) is 3.47. The van der Waals surface area contributed by atoms with Crippen LogP contribution in [0.3, 0.4) is 0 Å². The minimum absolute atomic E-state index is 0.0224. The fraction of sp³-hybridized carbons (Fsp3) is 0.692. The molecule has 3 nitrogen and oxygen atoms in total. The molecule has 0 radical (unpaired) electrons. The molecule has 0 bridgehead atoms. The molecule has 0 aromatic carbocycles. The van der Waals surface area contributed by atoms with E-state index >= 15 is 0 Å². The molecule has 0 spiro atoms. The molecule has 3 heteroatoms. The molecule has 1 saturated carbocycles. The molecule has 1 unspecified atom stereocenters. The third kappa shape index (κ3) is 2.94. The van der Waals surface area contributed by atoms with Gasteiger partial charge < -0.3 is 5.32 Å². The van der Waals surface area contributed by atoms with Crippen molar-refractivity contribution in [1.29, 1.82) is 0 Å². The number of nitrogens with zero attached hydrogens (tertiary/aromatic N) is 1. The molecule has 2 aliphatic rings. The van der Waals surface area contributed by atoms with Crippen molar-refractivity contribution in [3.8, 4) is 0 Å². The van der Waals surface area contributed by atoms with Crippen molar-refractivity contribution in [3.05, 3.63) is 12.3 Å². The molecule has 1 heterocycles. The smallest absolute Gasteiger partial charge is 0.270 e. The minimum atomic E-state index is -0.0224. The number of carbonyl (C=O) groups is 1. The maximum absolute atomic E-state index is 11.6. The Morgan fingerprint density at radius 2 is 2.19 bits per heavy atom. The molecule has 1 amide bonds. The molecule has 0 saturated heterocycles. The van der Waals surface area contributed by atoms with Gasteiger partial charge in [0.2, 0.25) is 0 Å². The SMILES string of the molecule is CC(CC1CCCCC1)NC(=O)C1=NC=C1. The first-order chi connectivity index (χ1) is 7.75. The van der Waals surface area contributed by atoms with E-state index in [1.54, 1.807) is 12.3 Å². The first-order valence-corrected chi connectivity index (χ1v) is 6.31. The van der Waals surface area contributed by atoms with Gasteiger partial charge in [0.1, 0.15) is 5.71 Å². The van der Waals surface area contributed by atoms with Crippen LogP contribution in [0.25, 0.3) is 0 Å². The Labute approximate surface area is 97.0 Å². The molecule has 1 aliphatic carbocycles. The van der Waals surface area contributed by atoms with Crippen LogP contribution < -0.4 is 5.32 Å². The Morgan fingerprint density at radius 3 is 2.75 bits per heavy atom. The first-order valence-electron chi connectivity index (χ1n) is 6.31. The first kappa shape index (κ1) is 11.4. The average molecular weight is 220 g/mol. The lowest BCUT2D eigenvalue weighted by atomic mass is 9.85. The number of hydrogen-bond donors (Lipinski definition) is 1. The van der Waals surface area contributed by atoms with Crippen LogP contribution in [0.5, 0.6) is 0 Å². The predicted octanol–water partition coefficient (Wildman–Crippen LogP) is 2.43. The van der Waals surface area contributed by atoms with E-state index in [1.807, 2.05) is 0 Å². The number of nitrogens with one attached hydrogen (secondary N) is 1. The van der Waals surface area contributed by atoms with Gasteiger partial charge in [-0.1, -0.05) is 32.1 Å². The summed E-state index contributed by atoms with van der Waals surface area (Å²) in [6, 6.07) is 0.271. The van der Waals surface area contributed by atoms with Crippen LogP contribution in [0, 0.1) is 5.92 Å². The second-order valence-corrected chi connectivity index (χ2v) is 4.94.